The third-order valence-electron chi connectivity index (χ3n) is 3.95. The predicted octanol–water partition coefficient (Wildman–Crippen LogP) is 3.28. The first-order valence-electron chi connectivity index (χ1n) is 8.49. The number of nitrogens with zero attached hydrogens (tertiary/aromatic N) is 4. The van der Waals surface area contributed by atoms with Crippen molar-refractivity contribution in [2.24, 2.45) is 0 Å². The lowest BCUT2D eigenvalue weighted by molar-refractivity contribution is -0.143. The molecule has 0 unspecified atom stereocenters. The Kier molecular flexibility index (Phi) is 5.03. The summed E-state index contributed by atoms with van der Waals surface area (Å²) in [4.78, 5) is 25.3. The second kappa shape index (κ2) is 7.38. The lowest BCUT2D eigenvalue weighted by Crippen LogP contribution is -2.09. The first-order valence-corrected chi connectivity index (χ1v) is 8.49. The van der Waals surface area contributed by atoms with Gasteiger partial charge in [0.05, 0.1) is 23.8 Å². The highest BCUT2D eigenvalue weighted by molar-refractivity contribution is 5.99. The van der Waals surface area contributed by atoms with Crippen molar-refractivity contribution in [3.05, 3.63) is 30.4 Å². The van der Waals surface area contributed by atoms with Crippen molar-refractivity contribution < 1.29 is 9.53 Å². The number of ether oxygens (including phenoxy) is 1. The first-order chi connectivity index (χ1) is 11.7. The minimum absolute atomic E-state index is 0.149. The average molecular weight is 326 g/mol. The summed E-state index contributed by atoms with van der Waals surface area (Å²) in [5.74, 6) is 0.875. The number of pyridine rings is 2. The van der Waals surface area contributed by atoms with Gasteiger partial charge in [0.1, 0.15) is 16.9 Å². The molecule has 0 saturated heterocycles. The highest BCUT2D eigenvalue weighted by Gasteiger charge is 2.15. The lowest BCUT2D eigenvalue weighted by Gasteiger charge is -2.09. The van der Waals surface area contributed by atoms with Crippen molar-refractivity contribution in [1.82, 2.24) is 19.5 Å². The van der Waals surface area contributed by atoms with E-state index in [-0.39, 0.29) is 5.97 Å². The number of hydrogen-bond acceptors (Lipinski definition) is 5. The zero-order chi connectivity index (χ0) is 16.9. The SMILES string of the molecule is CCCc1nc2cnc3cccnc3c2n1CCCC(=O)OCC. The number of carbonyl (C=O) groups excluding carboxylic acids is 1. The molecule has 3 heterocycles. The van der Waals surface area contributed by atoms with Crippen LogP contribution in [0.15, 0.2) is 24.5 Å². The molecule has 0 amide bonds. The van der Waals surface area contributed by atoms with Gasteiger partial charge in [-0.25, -0.2) is 4.98 Å². The van der Waals surface area contributed by atoms with Gasteiger partial charge in [-0.15, -0.1) is 0 Å². The predicted molar refractivity (Wildman–Crippen MR) is 92.7 cm³/mol. The summed E-state index contributed by atoms with van der Waals surface area (Å²) in [5, 5.41) is 0. The lowest BCUT2D eigenvalue weighted by atomic mass is 10.2. The van der Waals surface area contributed by atoms with Crippen LogP contribution >= 0.6 is 0 Å². The van der Waals surface area contributed by atoms with E-state index in [1.807, 2.05) is 19.1 Å². The fourth-order valence-electron chi connectivity index (χ4n) is 2.94. The van der Waals surface area contributed by atoms with Crippen LogP contribution in [0.4, 0.5) is 0 Å². The van der Waals surface area contributed by atoms with E-state index in [0.717, 1.165) is 53.7 Å². The van der Waals surface area contributed by atoms with Gasteiger partial charge in [0.25, 0.3) is 0 Å². The average Bonchev–Trinajstić information content (AvgIpc) is 2.93. The molecule has 3 aromatic rings. The Labute approximate surface area is 140 Å². The molecule has 3 rings (SSSR count). The normalized spacial score (nSPS) is 11.2. The van der Waals surface area contributed by atoms with Crippen LogP contribution in [0.5, 0.6) is 0 Å². The van der Waals surface area contributed by atoms with Crippen LogP contribution in [0.1, 0.15) is 38.9 Å². The smallest absolute Gasteiger partial charge is 0.305 e. The van der Waals surface area contributed by atoms with E-state index in [1.54, 1.807) is 12.4 Å². The number of esters is 1. The van der Waals surface area contributed by atoms with Crippen molar-refractivity contribution in [1.29, 1.82) is 0 Å². The zero-order valence-electron chi connectivity index (χ0n) is 14.2. The summed E-state index contributed by atoms with van der Waals surface area (Å²) in [6.07, 6.45) is 6.62. The topological polar surface area (TPSA) is 69.9 Å². The highest BCUT2D eigenvalue weighted by atomic mass is 16.5. The largest absolute Gasteiger partial charge is 0.466 e. The maximum Gasteiger partial charge on any atom is 0.305 e. The quantitative estimate of drug-likeness (QED) is 0.623. The van der Waals surface area contributed by atoms with Crippen LogP contribution in [-0.2, 0) is 22.5 Å². The fraction of sp³-hybridized carbons (Fsp3) is 0.444. The second-order valence-electron chi connectivity index (χ2n) is 5.70. The third kappa shape index (κ3) is 3.22. The van der Waals surface area contributed by atoms with Gasteiger partial charge in [0.15, 0.2) is 0 Å². The van der Waals surface area contributed by atoms with E-state index in [0.29, 0.717) is 13.0 Å². The van der Waals surface area contributed by atoms with E-state index >= 15 is 0 Å². The van der Waals surface area contributed by atoms with Gasteiger partial charge >= 0.3 is 5.97 Å². The van der Waals surface area contributed by atoms with E-state index in [1.165, 1.54) is 0 Å². The van der Waals surface area contributed by atoms with Gasteiger partial charge in [0.2, 0.25) is 0 Å². The Morgan fingerprint density at radius 1 is 1.25 bits per heavy atom. The van der Waals surface area contributed by atoms with E-state index < -0.39 is 0 Å². The van der Waals surface area contributed by atoms with E-state index in [4.69, 9.17) is 9.72 Å². The van der Waals surface area contributed by atoms with Crippen LogP contribution in [0.2, 0.25) is 0 Å². The number of hydrogen-bond donors (Lipinski definition) is 0. The summed E-state index contributed by atoms with van der Waals surface area (Å²) in [7, 11) is 0. The summed E-state index contributed by atoms with van der Waals surface area (Å²) < 4.78 is 7.20. The summed E-state index contributed by atoms with van der Waals surface area (Å²) in [5.41, 5.74) is 3.59. The fourth-order valence-corrected chi connectivity index (χ4v) is 2.94. The number of aryl methyl sites for hydroxylation is 2. The van der Waals surface area contributed by atoms with Crippen LogP contribution < -0.4 is 0 Å². The Morgan fingerprint density at radius 3 is 2.92 bits per heavy atom. The number of fused-ring (bicyclic) bond motifs is 3. The third-order valence-corrected chi connectivity index (χ3v) is 3.95. The van der Waals surface area contributed by atoms with Crippen molar-refractivity contribution in [3.8, 4) is 0 Å². The molecule has 0 saturated carbocycles. The molecular weight excluding hydrogens is 304 g/mol. The number of carbonyl (C=O) groups is 1. The monoisotopic (exact) mass is 326 g/mol. The number of rotatable bonds is 7. The molecule has 0 bridgehead atoms. The summed E-state index contributed by atoms with van der Waals surface area (Å²) in [6.45, 7) is 5.11. The molecule has 0 atom stereocenters. The Bertz CT molecular complexity index is 857. The van der Waals surface area contributed by atoms with E-state index in [9.17, 15) is 4.79 Å². The molecule has 0 aromatic carbocycles. The zero-order valence-corrected chi connectivity index (χ0v) is 14.2. The van der Waals surface area contributed by atoms with Crippen molar-refractivity contribution in [2.75, 3.05) is 6.61 Å². The van der Waals surface area contributed by atoms with Crippen molar-refractivity contribution in [2.45, 2.75) is 46.1 Å². The Morgan fingerprint density at radius 2 is 2.12 bits per heavy atom. The van der Waals surface area contributed by atoms with Crippen molar-refractivity contribution in [3.63, 3.8) is 0 Å². The molecular formula is C18H22N4O2. The van der Waals surface area contributed by atoms with Crippen LogP contribution in [-0.4, -0.2) is 32.1 Å². The second-order valence-corrected chi connectivity index (χ2v) is 5.70. The molecule has 6 nitrogen and oxygen atoms in total. The molecule has 0 fully saturated rings. The molecule has 6 heteroatoms. The first kappa shape index (κ1) is 16.4. The van der Waals surface area contributed by atoms with Gasteiger partial charge in [-0.2, -0.15) is 0 Å². The molecule has 0 aliphatic rings. The van der Waals surface area contributed by atoms with Crippen LogP contribution in [0.3, 0.4) is 0 Å². The van der Waals surface area contributed by atoms with E-state index in [2.05, 4.69) is 21.5 Å². The molecule has 0 aliphatic carbocycles. The van der Waals surface area contributed by atoms with Crippen LogP contribution in [0.25, 0.3) is 22.1 Å². The summed E-state index contributed by atoms with van der Waals surface area (Å²) in [6, 6.07) is 3.84. The van der Waals surface area contributed by atoms with Crippen molar-refractivity contribution >= 4 is 28.0 Å². The summed E-state index contributed by atoms with van der Waals surface area (Å²) >= 11 is 0. The number of aromatic nitrogens is 4. The standard InChI is InChI=1S/C18H22N4O2/c1-3-7-15-21-14-12-20-13-8-5-10-19-17(13)18(14)22(15)11-6-9-16(23)24-4-2/h5,8,10,12H,3-4,6-7,9,11H2,1-2H3. The van der Waals surface area contributed by atoms with Gasteiger partial charge in [-0.1, -0.05) is 6.92 Å². The van der Waals surface area contributed by atoms with Gasteiger partial charge in [-0.05, 0) is 31.9 Å². The molecule has 126 valence electrons. The minimum Gasteiger partial charge on any atom is -0.466 e. The van der Waals surface area contributed by atoms with Gasteiger partial charge in [0, 0.05) is 25.6 Å². The minimum atomic E-state index is -0.149. The maximum absolute atomic E-state index is 11.6. The number of imidazole rings is 1. The molecule has 0 aliphatic heterocycles. The molecule has 24 heavy (non-hydrogen) atoms. The highest BCUT2D eigenvalue weighted by Crippen LogP contribution is 2.24. The van der Waals surface area contributed by atoms with Gasteiger partial charge in [-0.3, -0.25) is 14.8 Å². The molecule has 0 radical (unpaired) electrons. The maximum atomic E-state index is 11.6. The molecule has 0 spiro atoms. The Hall–Kier alpha value is -2.50. The molecule has 0 N–H and O–H groups in total. The van der Waals surface area contributed by atoms with Gasteiger partial charge < -0.3 is 9.30 Å². The molecule has 3 aromatic heterocycles. The Balaban J connectivity index is 1.98. The van der Waals surface area contributed by atoms with Crippen LogP contribution in [0, 0.1) is 0 Å².